The number of ether oxygens (including phenoxy) is 2. The molecule has 4 rings (SSSR count). The van der Waals surface area contributed by atoms with Crippen molar-refractivity contribution in [1.82, 2.24) is 15.6 Å². The normalized spacial score (nSPS) is 10.8. The van der Waals surface area contributed by atoms with E-state index in [1.54, 1.807) is 12.1 Å². The molecule has 0 saturated heterocycles. The average molecular weight is 530 g/mol. The highest BCUT2D eigenvalue weighted by Gasteiger charge is 2.13. The van der Waals surface area contributed by atoms with E-state index in [0.29, 0.717) is 34.7 Å². The number of carbonyl (C=O) groups excluding carboxylic acids is 2. The minimum Gasteiger partial charge on any atom is -0.490 e. The Balaban J connectivity index is 1.20. The van der Waals surface area contributed by atoms with E-state index in [2.05, 4.69) is 26.0 Å². The van der Waals surface area contributed by atoms with E-state index >= 15 is 0 Å². The van der Waals surface area contributed by atoms with Crippen LogP contribution >= 0.6 is 11.3 Å². The zero-order chi connectivity index (χ0) is 26.7. The van der Waals surface area contributed by atoms with Gasteiger partial charge in [0.15, 0.2) is 0 Å². The molecule has 2 amide bonds. The van der Waals surface area contributed by atoms with Crippen molar-refractivity contribution in [3.05, 3.63) is 100 Å². The van der Waals surface area contributed by atoms with Crippen LogP contribution in [-0.2, 0) is 11.2 Å². The number of aromatic nitrogens is 2. The number of nitrogens with one attached hydrogen (secondary N) is 2. The van der Waals surface area contributed by atoms with E-state index in [1.165, 1.54) is 6.21 Å². The summed E-state index contributed by atoms with van der Waals surface area (Å²) in [4.78, 5) is 24.7. The Labute approximate surface area is 224 Å². The SMILES string of the molecule is Cc1cccc(OCCOc2cccc(C=NNC(=O)Cc3nnc(NC(=O)c4ccccc4C)s3)c2)c1. The summed E-state index contributed by atoms with van der Waals surface area (Å²) in [5.41, 5.74) is 5.79. The maximum absolute atomic E-state index is 12.4. The van der Waals surface area contributed by atoms with Crippen molar-refractivity contribution in [3.8, 4) is 11.5 Å². The van der Waals surface area contributed by atoms with E-state index in [1.807, 2.05) is 74.5 Å². The third-order valence-corrected chi connectivity index (χ3v) is 6.10. The van der Waals surface area contributed by atoms with Crippen molar-refractivity contribution in [2.24, 2.45) is 5.10 Å². The first-order valence-corrected chi connectivity index (χ1v) is 12.7. The summed E-state index contributed by atoms with van der Waals surface area (Å²) in [6.45, 7) is 4.68. The molecule has 1 heterocycles. The van der Waals surface area contributed by atoms with E-state index in [4.69, 9.17) is 9.47 Å². The van der Waals surface area contributed by atoms with Gasteiger partial charge in [0.25, 0.3) is 5.91 Å². The van der Waals surface area contributed by atoms with Crippen LogP contribution in [0.15, 0.2) is 77.9 Å². The average Bonchev–Trinajstić information content (AvgIpc) is 3.33. The van der Waals surface area contributed by atoms with Crippen LogP contribution in [0.2, 0.25) is 0 Å². The molecule has 194 valence electrons. The Bertz CT molecular complexity index is 1440. The van der Waals surface area contributed by atoms with Crippen molar-refractivity contribution in [2.45, 2.75) is 20.3 Å². The van der Waals surface area contributed by atoms with Gasteiger partial charge in [0.2, 0.25) is 11.0 Å². The molecule has 10 heteroatoms. The smallest absolute Gasteiger partial charge is 0.257 e. The van der Waals surface area contributed by atoms with Crippen molar-refractivity contribution in [3.63, 3.8) is 0 Å². The van der Waals surface area contributed by atoms with E-state index in [0.717, 1.165) is 33.8 Å². The van der Waals surface area contributed by atoms with Crippen LogP contribution in [-0.4, -0.2) is 41.4 Å². The molecule has 0 fully saturated rings. The molecule has 0 radical (unpaired) electrons. The number of aryl methyl sites for hydroxylation is 2. The van der Waals surface area contributed by atoms with Gasteiger partial charge in [0.05, 0.1) is 12.6 Å². The van der Waals surface area contributed by atoms with Gasteiger partial charge < -0.3 is 9.47 Å². The predicted octanol–water partition coefficient (Wildman–Crippen LogP) is 4.56. The number of amides is 2. The molecule has 0 atom stereocenters. The van der Waals surface area contributed by atoms with Crippen molar-refractivity contribution >= 4 is 34.5 Å². The molecule has 0 bridgehead atoms. The number of hydrogen-bond donors (Lipinski definition) is 2. The van der Waals surface area contributed by atoms with Gasteiger partial charge in [-0.25, -0.2) is 5.43 Å². The summed E-state index contributed by atoms with van der Waals surface area (Å²) in [5, 5.41) is 15.4. The molecule has 38 heavy (non-hydrogen) atoms. The number of rotatable bonds is 11. The number of hydrogen-bond acceptors (Lipinski definition) is 8. The first-order valence-electron chi connectivity index (χ1n) is 11.9. The first kappa shape index (κ1) is 26.5. The topological polar surface area (TPSA) is 115 Å². The molecular formula is C28H27N5O4S. The van der Waals surface area contributed by atoms with E-state index < -0.39 is 0 Å². The standard InChI is InChI=1S/C28H27N5O4S/c1-19-7-5-10-22(15-19)36-13-14-37-23-11-6-9-21(16-23)18-29-31-25(34)17-26-32-33-28(38-26)30-27(35)24-12-4-3-8-20(24)2/h3-12,15-16,18H,13-14,17H2,1-2H3,(H,31,34)(H,30,33,35). The van der Waals surface area contributed by atoms with Crippen LogP contribution in [0.25, 0.3) is 0 Å². The highest BCUT2D eigenvalue weighted by Crippen LogP contribution is 2.18. The fraction of sp³-hybridized carbons (Fsp3) is 0.179. The van der Waals surface area contributed by atoms with E-state index in [9.17, 15) is 9.59 Å². The molecule has 0 aliphatic rings. The second-order valence-corrected chi connectivity index (χ2v) is 9.39. The van der Waals surface area contributed by atoms with Crippen LogP contribution in [0.3, 0.4) is 0 Å². The monoisotopic (exact) mass is 529 g/mol. The molecule has 0 spiro atoms. The van der Waals surface area contributed by atoms with Gasteiger partial charge in [-0.15, -0.1) is 10.2 Å². The maximum atomic E-state index is 12.4. The molecule has 0 unspecified atom stereocenters. The molecule has 4 aromatic rings. The molecular weight excluding hydrogens is 502 g/mol. The molecule has 2 N–H and O–H groups in total. The third kappa shape index (κ3) is 7.97. The Hall–Kier alpha value is -4.57. The summed E-state index contributed by atoms with van der Waals surface area (Å²) in [6.07, 6.45) is 1.52. The molecule has 0 saturated carbocycles. The lowest BCUT2D eigenvalue weighted by atomic mass is 10.1. The van der Waals surface area contributed by atoms with Crippen LogP contribution < -0.4 is 20.2 Å². The lowest BCUT2D eigenvalue weighted by Crippen LogP contribution is -2.19. The molecule has 0 aliphatic heterocycles. The van der Waals surface area contributed by atoms with Gasteiger partial charge in [-0.2, -0.15) is 5.10 Å². The number of hydrazone groups is 1. The second-order valence-electron chi connectivity index (χ2n) is 8.33. The number of nitrogens with zero attached hydrogens (tertiary/aromatic N) is 3. The third-order valence-electron chi connectivity index (χ3n) is 5.26. The van der Waals surface area contributed by atoms with Crippen LogP contribution in [0.1, 0.15) is 32.1 Å². The predicted molar refractivity (Wildman–Crippen MR) is 147 cm³/mol. The Morgan fingerprint density at radius 2 is 1.66 bits per heavy atom. The summed E-state index contributed by atoms with van der Waals surface area (Å²) in [5.74, 6) is 0.851. The number of benzene rings is 3. The van der Waals surface area contributed by atoms with Gasteiger partial charge in [-0.3, -0.25) is 14.9 Å². The van der Waals surface area contributed by atoms with Gasteiger partial charge in [0, 0.05) is 5.56 Å². The minimum atomic E-state index is -0.352. The second kappa shape index (κ2) is 13.1. The van der Waals surface area contributed by atoms with Crippen molar-refractivity contribution in [2.75, 3.05) is 18.5 Å². The van der Waals surface area contributed by atoms with Crippen LogP contribution in [0.5, 0.6) is 11.5 Å². The summed E-state index contributed by atoms with van der Waals surface area (Å²) in [6, 6.07) is 22.4. The van der Waals surface area contributed by atoms with Crippen molar-refractivity contribution in [1.29, 1.82) is 0 Å². The quantitative estimate of drug-likeness (QED) is 0.167. The highest BCUT2D eigenvalue weighted by atomic mass is 32.1. The zero-order valence-corrected chi connectivity index (χ0v) is 21.8. The van der Waals surface area contributed by atoms with Crippen LogP contribution in [0.4, 0.5) is 5.13 Å². The maximum Gasteiger partial charge on any atom is 0.257 e. The summed E-state index contributed by atoms with van der Waals surface area (Å²) >= 11 is 1.14. The van der Waals surface area contributed by atoms with Gasteiger partial charge >= 0.3 is 0 Å². The lowest BCUT2D eigenvalue weighted by molar-refractivity contribution is -0.120. The fourth-order valence-electron chi connectivity index (χ4n) is 3.43. The summed E-state index contributed by atoms with van der Waals surface area (Å²) in [7, 11) is 0. The zero-order valence-electron chi connectivity index (χ0n) is 21.0. The Morgan fingerprint density at radius 3 is 2.42 bits per heavy atom. The Morgan fingerprint density at radius 1 is 0.921 bits per heavy atom. The fourth-order valence-corrected chi connectivity index (χ4v) is 4.17. The summed E-state index contributed by atoms with van der Waals surface area (Å²) < 4.78 is 11.4. The van der Waals surface area contributed by atoms with Crippen molar-refractivity contribution < 1.29 is 19.1 Å². The highest BCUT2D eigenvalue weighted by molar-refractivity contribution is 7.15. The van der Waals surface area contributed by atoms with Gasteiger partial charge in [-0.05, 0) is 60.9 Å². The number of carbonyl (C=O) groups is 2. The Kier molecular flexibility index (Phi) is 9.14. The van der Waals surface area contributed by atoms with E-state index in [-0.39, 0.29) is 18.2 Å². The van der Waals surface area contributed by atoms with Crippen LogP contribution in [0, 0.1) is 13.8 Å². The molecule has 3 aromatic carbocycles. The van der Waals surface area contributed by atoms with Gasteiger partial charge in [-0.1, -0.05) is 53.8 Å². The molecule has 1 aromatic heterocycles. The largest absolute Gasteiger partial charge is 0.490 e. The minimum absolute atomic E-state index is 0.0146. The van der Waals surface area contributed by atoms with Gasteiger partial charge in [0.1, 0.15) is 29.7 Å². The molecule has 0 aliphatic carbocycles. The molecule has 9 nitrogen and oxygen atoms in total. The lowest BCUT2D eigenvalue weighted by Gasteiger charge is -2.09. The number of anilines is 1. The first-order chi connectivity index (χ1) is 18.5.